The predicted molar refractivity (Wildman–Crippen MR) is 114 cm³/mol. The van der Waals surface area contributed by atoms with Crippen LogP contribution in [-0.4, -0.2) is 15.9 Å². The normalized spacial score (nSPS) is 10.9. The van der Waals surface area contributed by atoms with Crippen molar-refractivity contribution in [2.45, 2.75) is 6.54 Å². The molecular formula is C20H13BrClN3OS. The van der Waals surface area contributed by atoms with Gasteiger partial charge in [-0.3, -0.25) is 14.7 Å². The van der Waals surface area contributed by atoms with E-state index in [1.54, 1.807) is 35.5 Å². The Hall–Kier alpha value is -2.28. The molecule has 0 aliphatic rings. The van der Waals surface area contributed by atoms with Gasteiger partial charge < -0.3 is 0 Å². The molecule has 134 valence electrons. The van der Waals surface area contributed by atoms with E-state index in [9.17, 15) is 4.79 Å². The Kier molecular flexibility index (Phi) is 5.20. The van der Waals surface area contributed by atoms with Crippen molar-refractivity contribution in [3.8, 4) is 0 Å². The van der Waals surface area contributed by atoms with Gasteiger partial charge in [-0.25, -0.2) is 4.98 Å². The number of amides is 1. The highest BCUT2D eigenvalue weighted by Crippen LogP contribution is 2.34. The smallest absolute Gasteiger partial charge is 0.260 e. The number of rotatable bonds is 4. The van der Waals surface area contributed by atoms with Crippen LogP contribution in [0.3, 0.4) is 0 Å². The molecule has 7 heteroatoms. The number of anilines is 1. The number of thiazole rings is 1. The van der Waals surface area contributed by atoms with E-state index in [-0.39, 0.29) is 5.91 Å². The molecular weight excluding hydrogens is 446 g/mol. The fourth-order valence-electron chi connectivity index (χ4n) is 2.70. The first-order valence-electron chi connectivity index (χ1n) is 8.13. The van der Waals surface area contributed by atoms with Crippen LogP contribution < -0.4 is 4.90 Å². The van der Waals surface area contributed by atoms with E-state index in [0.29, 0.717) is 27.8 Å². The van der Waals surface area contributed by atoms with Gasteiger partial charge in [-0.15, -0.1) is 0 Å². The molecule has 0 radical (unpaired) electrons. The number of nitrogens with zero attached hydrogens (tertiary/aromatic N) is 3. The summed E-state index contributed by atoms with van der Waals surface area (Å²) in [7, 11) is 0. The first-order valence-corrected chi connectivity index (χ1v) is 10.1. The maximum absolute atomic E-state index is 13.3. The average molecular weight is 459 g/mol. The number of para-hydroxylation sites is 1. The van der Waals surface area contributed by atoms with Crippen molar-refractivity contribution >= 4 is 60.1 Å². The number of benzene rings is 2. The molecule has 0 spiro atoms. The molecule has 2 aromatic carbocycles. The summed E-state index contributed by atoms with van der Waals surface area (Å²) in [6, 6.07) is 16.8. The van der Waals surface area contributed by atoms with Gasteiger partial charge in [-0.1, -0.05) is 57.1 Å². The van der Waals surface area contributed by atoms with E-state index in [0.717, 1.165) is 14.7 Å². The first-order chi connectivity index (χ1) is 13.1. The van der Waals surface area contributed by atoms with Crippen molar-refractivity contribution in [2.24, 2.45) is 0 Å². The van der Waals surface area contributed by atoms with Crippen LogP contribution in [0, 0.1) is 0 Å². The Morgan fingerprint density at radius 3 is 2.74 bits per heavy atom. The van der Waals surface area contributed by atoms with Crippen molar-refractivity contribution in [1.29, 1.82) is 0 Å². The Morgan fingerprint density at radius 1 is 1.15 bits per heavy atom. The minimum Gasteiger partial charge on any atom is -0.279 e. The lowest BCUT2D eigenvalue weighted by Crippen LogP contribution is -2.30. The monoisotopic (exact) mass is 457 g/mol. The molecule has 0 saturated heterocycles. The van der Waals surface area contributed by atoms with E-state index in [1.165, 1.54) is 11.3 Å². The van der Waals surface area contributed by atoms with E-state index in [4.69, 9.17) is 11.6 Å². The van der Waals surface area contributed by atoms with Crippen LogP contribution in [0.25, 0.3) is 10.2 Å². The Morgan fingerprint density at radius 2 is 2.00 bits per heavy atom. The molecule has 0 aliphatic carbocycles. The minimum atomic E-state index is -0.129. The SMILES string of the molecule is O=C(c1cccc(Br)c1)N(Cc1cccnc1)c1nc2c(Cl)cccc2s1. The number of fused-ring (bicyclic) bond motifs is 1. The van der Waals surface area contributed by atoms with Gasteiger partial charge in [-0.05, 0) is 42.0 Å². The van der Waals surface area contributed by atoms with Crippen LogP contribution in [0.2, 0.25) is 5.02 Å². The maximum atomic E-state index is 13.3. The van der Waals surface area contributed by atoms with Gasteiger partial charge >= 0.3 is 0 Å². The molecule has 4 rings (SSSR count). The number of carbonyl (C=O) groups is 1. The Balaban J connectivity index is 1.79. The van der Waals surface area contributed by atoms with Gasteiger partial charge in [0.15, 0.2) is 5.13 Å². The number of hydrogen-bond acceptors (Lipinski definition) is 4. The Labute approximate surface area is 173 Å². The molecule has 0 N–H and O–H groups in total. The second kappa shape index (κ2) is 7.76. The highest BCUT2D eigenvalue weighted by Gasteiger charge is 2.22. The fraction of sp³-hybridized carbons (Fsp3) is 0.0500. The highest BCUT2D eigenvalue weighted by molar-refractivity contribution is 9.10. The van der Waals surface area contributed by atoms with Crippen LogP contribution >= 0.6 is 38.9 Å². The van der Waals surface area contributed by atoms with E-state index in [2.05, 4.69) is 25.9 Å². The van der Waals surface area contributed by atoms with E-state index >= 15 is 0 Å². The molecule has 0 bridgehead atoms. The number of hydrogen-bond donors (Lipinski definition) is 0. The van der Waals surface area contributed by atoms with Crippen molar-refractivity contribution in [1.82, 2.24) is 9.97 Å². The summed E-state index contributed by atoms with van der Waals surface area (Å²) in [5.74, 6) is -0.129. The zero-order valence-electron chi connectivity index (χ0n) is 14.0. The molecule has 0 fully saturated rings. The van der Waals surface area contributed by atoms with Crippen molar-refractivity contribution in [2.75, 3.05) is 4.90 Å². The van der Waals surface area contributed by atoms with Crippen molar-refractivity contribution in [3.05, 3.63) is 87.6 Å². The summed E-state index contributed by atoms with van der Waals surface area (Å²) in [4.78, 5) is 23.7. The molecule has 4 nitrogen and oxygen atoms in total. The van der Waals surface area contributed by atoms with Gasteiger partial charge in [0, 0.05) is 22.4 Å². The third-order valence-electron chi connectivity index (χ3n) is 3.97. The summed E-state index contributed by atoms with van der Waals surface area (Å²) in [5, 5.41) is 1.18. The standard InChI is InChI=1S/C20H13BrClN3OS/c21-15-6-1-5-14(10-15)19(26)25(12-13-4-3-9-23-11-13)20-24-18-16(22)7-2-8-17(18)27-20/h1-11H,12H2. The summed E-state index contributed by atoms with van der Waals surface area (Å²) in [6.07, 6.45) is 3.46. The second-order valence-electron chi connectivity index (χ2n) is 5.85. The largest absolute Gasteiger partial charge is 0.279 e. The van der Waals surface area contributed by atoms with E-state index < -0.39 is 0 Å². The van der Waals surface area contributed by atoms with Crippen LogP contribution in [0.15, 0.2) is 71.5 Å². The highest BCUT2D eigenvalue weighted by atomic mass is 79.9. The zero-order chi connectivity index (χ0) is 18.8. The fourth-order valence-corrected chi connectivity index (χ4v) is 4.36. The van der Waals surface area contributed by atoms with Crippen LogP contribution in [0.4, 0.5) is 5.13 Å². The molecule has 2 heterocycles. The third kappa shape index (κ3) is 3.88. The number of carbonyl (C=O) groups excluding carboxylic acids is 1. The van der Waals surface area contributed by atoms with Crippen LogP contribution in [0.1, 0.15) is 15.9 Å². The molecule has 0 unspecified atom stereocenters. The number of pyridine rings is 1. The van der Waals surface area contributed by atoms with Crippen LogP contribution in [0.5, 0.6) is 0 Å². The lowest BCUT2D eigenvalue weighted by Gasteiger charge is -2.20. The van der Waals surface area contributed by atoms with Crippen molar-refractivity contribution < 1.29 is 4.79 Å². The molecule has 1 amide bonds. The molecule has 27 heavy (non-hydrogen) atoms. The zero-order valence-corrected chi connectivity index (χ0v) is 17.1. The van der Waals surface area contributed by atoms with Crippen molar-refractivity contribution in [3.63, 3.8) is 0 Å². The topological polar surface area (TPSA) is 46.1 Å². The number of aromatic nitrogens is 2. The van der Waals surface area contributed by atoms with Gasteiger partial charge in [0.2, 0.25) is 0 Å². The lowest BCUT2D eigenvalue weighted by atomic mass is 10.2. The van der Waals surface area contributed by atoms with Crippen LogP contribution in [-0.2, 0) is 6.54 Å². The third-order valence-corrected chi connectivity index (χ3v) is 5.81. The predicted octanol–water partition coefficient (Wildman–Crippen LogP) is 5.95. The number of halogens is 2. The molecule has 0 atom stereocenters. The summed E-state index contributed by atoms with van der Waals surface area (Å²) in [5.41, 5.74) is 2.21. The second-order valence-corrected chi connectivity index (χ2v) is 8.18. The van der Waals surface area contributed by atoms with E-state index in [1.807, 2.05) is 36.4 Å². The van der Waals surface area contributed by atoms with Gasteiger partial charge in [-0.2, -0.15) is 0 Å². The summed E-state index contributed by atoms with van der Waals surface area (Å²) >= 11 is 11.1. The Bertz CT molecular complexity index is 1120. The molecule has 0 saturated carbocycles. The quantitative estimate of drug-likeness (QED) is 0.379. The first kappa shape index (κ1) is 18.1. The minimum absolute atomic E-state index is 0.129. The molecule has 2 aromatic heterocycles. The van der Waals surface area contributed by atoms with Gasteiger partial charge in [0.1, 0.15) is 5.52 Å². The molecule has 4 aromatic rings. The average Bonchev–Trinajstić information content (AvgIpc) is 3.12. The summed E-state index contributed by atoms with van der Waals surface area (Å²) in [6.45, 7) is 0.372. The van der Waals surface area contributed by atoms with Gasteiger partial charge in [0.05, 0.1) is 16.3 Å². The summed E-state index contributed by atoms with van der Waals surface area (Å²) < 4.78 is 1.79. The van der Waals surface area contributed by atoms with Gasteiger partial charge in [0.25, 0.3) is 5.91 Å². The lowest BCUT2D eigenvalue weighted by molar-refractivity contribution is 0.0985. The maximum Gasteiger partial charge on any atom is 0.260 e. The molecule has 0 aliphatic heterocycles.